The number of fused-ring (bicyclic) bond motifs is 2. The minimum absolute atomic E-state index is 0.0936. The summed E-state index contributed by atoms with van der Waals surface area (Å²) in [4.78, 5) is 15.9. The molecule has 1 aromatic heterocycles. The number of methoxy groups -OCH3 is 1. The number of ether oxygens (including phenoxy) is 1. The summed E-state index contributed by atoms with van der Waals surface area (Å²) in [7, 11) is 3.80. The van der Waals surface area contributed by atoms with Crippen LogP contribution in [0.1, 0.15) is 33.1 Å². The zero-order valence-corrected chi connectivity index (χ0v) is 20.5. The van der Waals surface area contributed by atoms with Crippen LogP contribution in [0.4, 0.5) is 0 Å². The standard InChI is InChI=1S/C32H28N2O2/c1-33-28-18-9-8-17-27(28)29(30(33)23-13-10-14-24(21-23)36-2)31-25-15-6-7-16-26(25)32(35)34(31)20-19-22-11-4-3-5-12-22/h3-18,21,31H,19-20H2,1-2H3/t31-/m0/s1. The van der Waals surface area contributed by atoms with E-state index in [2.05, 4.69) is 83.2 Å². The van der Waals surface area contributed by atoms with Gasteiger partial charge in [0.1, 0.15) is 5.75 Å². The SMILES string of the molecule is COc1cccc(-c2c([C@@H]3c4ccccc4C(=O)N3CCc3ccccc3)c3ccccc3n2C)c1. The Morgan fingerprint density at radius 1 is 0.833 bits per heavy atom. The molecule has 0 N–H and O–H groups in total. The number of nitrogens with zero attached hydrogens (tertiary/aromatic N) is 2. The normalized spacial score (nSPS) is 14.9. The van der Waals surface area contributed by atoms with E-state index in [1.807, 2.05) is 36.4 Å². The van der Waals surface area contributed by atoms with E-state index < -0.39 is 0 Å². The monoisotopic (exact) mass is 472 g/mol. The molecule has 0 saturated carbocycles. The Bertz CT molecular complexity index is 1570. The highest BCUT2D eigenvalue weighted by atomic mass is 16.5. The lowest BCUT2D eigenvalue weighted by Crippen LogP contribution is -2.31. The van der Waals surface area contributed by atoms with Gasteiger partial charge in [-0.3, -0.25) is 4.79 Å². The summed E-state index contributed by atoms with van der Waals surface area (Å²) < 4.78 is 7.81. The van der Waals surface area contributed by atoms with Gasteiger partial charge in [0.25, 0.3) is 5.91 Å². The molecule has 0 aliphatic carbocycles. The molecule has 0 saturated heterocycles. The van der Waals surface area contributed by atoms with E-state index in [0.717, 1.165) is 51.0 Å². The highest BCUT2D eigenvalue weighted by molar-refractivity contribution is 6.02. The maximum absolute atomic E-state index is 13.8. The van der Waals surface area contributed by atoms with Crippen molar-refractivity contribution in [1.82, 2.24) is 9.47 Å². The molecule has 0 unspecified atom stereocenters. The van der Waals surface area contributed by atoms with Crippen LogP contribution in [0.5, 0.6) is 5.75 Å². The fourth-order valence-electron chi connectivity index (χ4n) is 5.63. The van der Waals surface area contributed by atoms with E-state index in [1.165, 1.54) is 5.56 Å². The summed E-state index contributed by atoms with van der Waals surface area (Å²) in [6, 6.07) is 35.0. The number of carbonyl (C=O) groups excluding carboxylic acids is 1. The molecule has 178 valence electrons. The molecular formula is C32H28N2O2. The maximum atomic E-state index is 13.8. The first-order valence-electron chi connectivity index (χ1n) is 12.3. The van der Waals surface area contributed by atoms with Crippen LogP contribution in [0.25, 0.3) is 22.2 Å². The lowest BCUT2D eigenvalue weighted by Gasteiger charge is -2.27. The quantitative estimate of drug-likeness (QED) is 0.278. The summed E-state index contributed by atoms with van der Waals surface area (Å²) in [6.07, 6.45) is 0.802. The number of hydrogen-bond acceptors (Lipinski definition) is 2. The van der Waals surface area contributed by atoms with Crippen LogP contribution in [-0.2, 0) is 13.5 Å². The van der Waals surface area contributed by atoms with Crippen LogP contribution >= 0.6 is 0 Å². The van der Waals surface area contributed by atoms with E-state index in [4.69, 9.17) is 4.74 Å². The van der Waals surface area contributed by atoms with Crippen LogP contribution in [0.2, 0.25) is 0 Å². The van der Waals surface area contributed by atoms with Gasteiger partial charge in [0.05, 0.1) is 18.8 Å². The molecule has 1 atom stereocenters. The molecule has 36 heavy (non-hydrogen) atoms. The number of para-hydroxylation sites is 1. The Hall–Kier alpha value is -4.31. The van der Waals surface area contributed by atoms with Crippen molar-refractivity contribution in [1.29, 1.82) is 0 Å². The molecule has 2 heterocycles. The Kier molecular flexibility index (Phi) is 5.57. The molecule has 1 amide bonds. The van der Waals surface area contributed by atoms with Gasteiger partial charge in [-0.15, -0.1) is 0 Å². The van der Waals surface area contributed by atoms with Crippen molar-refractivity contribution in [2.75, 3.05) is 13.7 Å². The van der Waals surface area contributed by atoms with Gasteiger partial charge in [-0.2, -0.15) is 0 Å². The second-order valence-corrected chi connectivity index (χ2v) is 9.29. The molecule has 0 spiro atoms. The summed E-state index contributed by atoms with van der Waals surface area (Å²) in [6.45, 7) is 0.642. The van der Waals surface area contributed by atoms with Crippen molar-refractivity contribution >= 4 is 16.8 Å². The van der Waals surface area contributed by atoms with E-state index in [0.29, 0.717) is 6.54 Å². The number of aryl methyl sites for hydroxylation is 1. The Morgan fingerprint density at radius 2 is 1.58 bits per heavy atom. The molecule has 0 fully saturated rings. The molecule has 4 heteroatoms. The number of hydrogen-bond donors (Lipinski definition) is 0. The minimum atomic E-state index is -0.176. The molecule has 0 radical (unpaired) electrons. The topological polar surface area (TPSA) is 34.5 Å². The fourth-order valence-corrected chi connectivity index (χ4v) is 5.63. The Morgan fingerprint density at radius 3 is 2.42 bits per heavy atom. The van der Waals surface area contributed by atoms with Gasteiger partial charge in [0.15, 0.2) is 0 Å². The second kappa shape index (κ2) is 9.04. The van der Waals surface area contributed by atoms with Crippen LogP contribution in [-0.4, -0.2) is 29.0 Å². The van der Waals surface area contributed by atoms with Gasteiger partial charge >= 0.3 is 0 Å². The van der Waals surface area contributed by atoms with Crippen molar-refractivity contribution in [3.05, 3.63) is 125 Å². The van der Waals surface area contributed by atoms with E-state index in [-0.39, 0.29) is 11.9 Å². The number of amides is 1. The minimum Gasteiger partial charge on any atom is -0.497 e. The molecule has 0 bridgehead atoms. The van der Waals surface area contributed by atoms with Crippen molar-refractivity contribution in [2.45, 2.75) is 12.5 Å². The lowest BCUT2D eigenvalue weighted by atomic mass is 9.93. The predicted octanol–water partition coefficient (Wildman–Crippen LogP) is 6.64. The van der Waals surface area contributed by atoms with Gasteiger partial charge in [-0.1, -0.05) is 78.9 Å². The van der Waals surface area contributed by atoms with Crippen LogP contribution in [0.3, 0.4) is 0 Å². The van der Waals surface area contributed by atoms with Crippen molar-refractivity contribution < 1.29 is 9.53 Å². The highest BCUT2D eigenvalue weighted by Gasteiger charge is 2.40. The molecule has 1 aliphatic rings. The summed E-state index contributed by atoms with van der Waals surface area (Å²) >= 11 is 0. The van der Waals surface area contributed by atoms with Crippen molar-refractivity contribution in [3.8, 4) is 17.0 Å². The molecule has 6 rings (SSSR count). The second-order valence-electron chi connectivity index (χ2n) is 9.29. The number of rotatable bonds is 6. The van der Waals surface area contributed by atoms with Gasteiger partial charge in [-0.25, -0.2) is 0 Å². The van der Waals surface area contributed by atoms with Gasteiger partial charge in [0.2, 0.25) is 0 Å². The average Bonchev–Trinajstić information content (AvgIpc) is 3.38. The summed E-state index contributed by atoms with van der Waals surface area (Å²) in [5.41, 5.74) is 7.57. The lowest BCUT2D eigenvalue weighted by molar-refractivity contribution is 0.0753. The van der Waals surface area contributed by atoms with Gasteiger partial charge < -0.3 is 14.2 Å². The Labute approximate surface area is 211 Å². The number of carbonyl (C=O) groups is 1. The third-order valence-electron chi connectivity index (χ3n) is 7.31. The van der Waals surface area contributed by atoms with Gasteiger partial charge in [0, 0.05) is 41.2 Å². The summed E-state index contributed by atoms with van der Waals surface area (Å²) in [5, 5.41) is 1.16. The smallest absolute Gasteiger partial charge is 0.255 e. The van der Waals surface area contributed by atoms with E-state index >= 15 is 0 Å². The zero-order chi connectivity index (χ0) is 24.6. The van der Waals surface area contributed by atoms with Crippen molar-refractivity contribution in [3.63, 3.8) is 0 Å². The Balaban J connectivity index is 1.57. The average molecular weight is 473 g/mol. The third kappa shape index (κ3) is 3.57. The molecule has 5 aromatic rings. The molecular weight excluding hydrogens is 444 g/mol. The predicted molar refractivity (Wildman–Crippen MR) is 144 cm³/mol. The van der Waals surface area contributed by atoms with Crippen LogP contribution in [0, 0.1) is 0 Å². The first-order valence-corrected chi connectivity index (χ1v) is 12.3. The maximum Gasteiger partial charge on any atom is 0.255 e. The number of aromatic nitrogens is 1. The fraction of sp³-hybridized carbons (Fsp3) is 0.156. The van der Waals surface area contributed by atoms with Crippen LogP contribution < -0.4 is 4.74 Å². The van der Waals surface area contributed by atoms with Crippen molar-refractivity contribution in [2.24, 2.45) is 7.05 Å². The molecule has 4 nitrogen and oxygen atoms in total. The van der Waals surface area contributed by atoms with E-state index in [1.54, 1.807) is 7.11 Å². The molecule has 4 aromatic carbocycles. The van der Waals surface area contributed by atoms with E-state index in [9.17, 15) is 4.79 Å². The highest BCUT2D eigenvalue weighted by Crippen LogP contribution is 2.46. The largest absolute Gasteiger partial charge is 0.497 e. The zero-order valence-electron chi connectivity index (χ0n) is 20.5. The van der Waals surface area contributed by atoms with Gasteiger partial charge in [-0.05, 0) is 41.8 Å². The first-order chi connectivity index (χ1) is 17.7. The first kappa shape index (κ1) is 22.2. The van der Waals surface area contributed by atoms with Crippen LogP contribution in [0.15, 0.2) is 103 Å². The summed E-state index contributed by atoms with van der Waals surface area (Å²) in [5.74, 6) is 0.906. The number of benzene rings is 4. The molecule has 1 aliphatic heterocycles. The third-order valence-corrected chi connectivity index (χ3v) is 7.31.